The van der Waals surface area contributed by atoms with E-state index in [0.29, 0.717) is 12.5 Å². The molecule has 2 aromatic rings. The lowest BCUT2D eigenvalue weighted by Crippen LogP contribution is -2.39. The Balaban J connectivity index is 1.63. The Kier molecular flexibility index (Phi) is 4.41. The Morgan fingerprint density at radius 2 is 2.15 bits per heavy atom. The summed E-state index contributed by atoms with van der Waals surface area (Å²) < 4.78 is 1.84. The monoisotopic (exact) mass is 350 g/mol. The summed E-state index contributed by atoms with van der Waals surface area (Å²) >= 11 is 0. The van der Waals surface area contributed by atoms with Gasteiger partial charge in [0.05, 0.1) is 11.6 Å². The maximum atomic E-state index is 13.3. The first-order valence-electron chi connectivity index (χ1n) is 9.27. The summed E-state index contributed by atoms with van der Waals surface area (Å²) in [5.41, 5.74) is 2.16. The molecule has 2 atom stereocenters. The molecule has 2 aliphatic heterocycles. The summed E-state index contributed by atoms with van der Waals surface area (Å²) in [6.45, 7) is 7.85. The normalized spacial score (nSPS) is 26.1. The maximum Gasteiger partial charge on any atom is 0.231 e. The second-order valence-electron chi connectivity index (χ2n) is 7.60. The van der Waals surface area contributed by atoms with Gasteiger partial charge in [0.1, 0.15) is 0 Å². The van der Waals surface area contributed by atoms with Crippen LogP contribution in [0.1, 0.15) is 23.5 Å². The highest BCUT2D eigenvalue weighted by atomic mass is 16.2. The van der Waals surface area contributed by atoms with Gasteiger partial charge < -0.3 is 4.90 Å². The van der Waals surface area contributed by atoms with E-state index < -0.39 is 0 Å². The Morgan fingerprint density at radius 1 is 1.35 bits per heavy atom. The maximum absolute atomic E-state index is 13.3. The number of aryl methyl sites for hydroxylation is 1. The number of carbonyl (C=O) groups excluding carboxylic acids is 1. The molecule has 26 heavy (non-hydrogen) atoms. The van der Waals surface area contributed by atoms with Gasteiger partial charge in [-0.15, -0.1) is 6.58 Å². The number of aromatic nitrogens is 2. The van der Waals surface area contributed by atoms with E-state index in [1.54, 1.807) is 0 Å². The third-order valence-corrected chi connectivity index (χ3v) is 5.87. The largest absolute Gasteiger partial charge is 0.338 e. The highest BCUT2D eigenvalue weighted by Crippen LogP contribution is 2.50. The lowest BCUT2D eigenvalue weighted by Gasteiger charge is -2.29. The number of amides is 1. The second kappa shape index (κ2) is 6.72. The fourth-order valence-electron chi connectivity index (χ4n) is 4.71. The third-order valence-electron chi connectivity index (χ3n) is 5.87. The smallest absolute Gasteiger partial charge is 0.231 e. The molecule has 0 aliphatic carbocycles. The minimum atomic E-state index is -0.313. The van der Waals surface area contributed by atoms with Crippen molar-refractivity contribution in [3.63, 3.8) is 0 Å². The van der Waals surface area contributed by atoms with Crippen LogP contribution in [0.4, 0.5) is 0 Å². The molecule has 0 saturated carbocycles. The zero-order valence-corrected chi connectivity index (χ0v) is 15.3. The van der Waals surface area contributed by atoms with Crippen molar-refractivity contribution in [3.05, 3.63) is 66.5 Å². The molecule has 2 fully saturated rings. The van der Waals surface area contributed by atoms with Crippen LogP contribution in [-0.4, -0.2) is 51.7 Å². The van der Waals surface area contributed by atoms with Crippen LogP contribution < -0.4 is 0 Å². The molecule has 1 aromatic heterocycles. The number of rotatable bonds is 5. The van der Waals surface area contributed by atoms with Crippen LogP contribution >= 0.6 is 0 Å². The minimum Gasteiger partial charge on any atom is -0.338 e. The minimum absolute atomic E-state index is 0.239. The second-order valence-corrected chi connectivity index (χ2v) is 7.60. The van der Waals surface area contributed by atoms with Gasteiger partial charge in [-0.25, -0.2) is 0 Å². The number of nitrogens with zero attached hydrogens (tertiary/aromatic N) is 4. The van der Waals surface area contributed by atoms with Gasteiger partial charge in [-0.2, -0.15) is 5.10 Å². The molecule has 0 bridgehead atoms. The summed E-state index contributed by atoms with van der Waals surface area (Å²) in [5.74, 6) is 0.530. The highest BCUT2D eigenvalue weighted by molar-refractivity contribution is 5.87. The van der Waals surface area contributed by atoms with E-state index in [-0.39, 0.29) is 11.3 Å². The van der Waals surface area contributed by atoms with Gasteiger partial charge in [-0.05, 0) is 12.0 Å². The summed E-state index contributed by atoms with van der Waals surface area (Å²) in [4.78, 5) is 17.7. The molecule has 0 N–H and O–H groups in total. The van der Waals surface area contributed by atoms with Crippen molar-refractivity contribution in [2.75, 3.05) is 26.2 Å². The zero-order valence-electron chi connectivity index (χ0n) is 15.3. The fourth-order valence-corrected chi connectivity index (χ4v) is 4.71. The van der Waals surface area contributed by atoms with Crippen molar-refractivity contribution in [2.45, 2.75) is 18.9 Å². The van der Waals surface area contributed by atoms with Gasteiger partial charge in [0.2, 0.25) is 5.91 Å². The highest BCUT2D eigenvalue weighted by Gasteiger charge is 2.56. The molecular formula is C21H26N4O. The molecule has 0 unspecified atom stereocenters. The molecule has 2 aliphatic rings. The molecule has 4 rings (SSSR count). The van der Waals surface area contributed by atoms with Crippen LogP contribution in [0, 0.1) is 5.41 Å². The molecule has 1 amide bonds. The quantitative estimate of drug-likeness (QED) is 0.778. The summed E-state index contributed by atoms with van der Waals surface area (Å²) in [7, 11) is 1.94. The molecule has 1 spiro atoms. The van der Waals surface area contributed by atoms with Gasteiger partial charge >= 0.3 is 0 Å². The van der Waals surface area contributed by atoms with E-state index in [0.717, 1.165) is 32.6 Å². The van der Waals surface area contributed by atoms with Gasteiger partial charge in [0, 0.05) is 57.4 Å². The average molecular weight is 350 g/mol. The molecule has 5 nitrogen and oxygen atoms in total. The SMILES string of the molecule is C=CCN1CC[C@]2(CN(Cc3cnn(C)c3)C[C@H]2c2ccccc2)C1=O. The summed E-state index contributed by atoms with van der Waals surface area (Å²) in [6.07, 6.45) is 6.73. The van der Waals surface area contributed by atoms with Gasteiger partial charge in [0.25, 0.3) is 0 Å². The van der Waals surface area contributed by atoms with Gasteiger partial charge in [0.15, 0.2) is 0 Å². The van der Waals surface area contributed by atoms with E-state index in [1.165, 1.54) is 11.1 Å². The van der Waals surface area contributed by atoms with E-state index >= 15 is 0 Å². The Labute approximate surface area is 154 Å². The first kappa shape index (κ1) is 17.0. The predicted molar refractivity (Wildman–Crippen MR) is 101 cm³/mol. The number of hydrogen-bond donors (Lipinski definition) is 0. The van der Waals surface area contributed by atoms with Gasteiger partial charge in [-0.3, -0.25) is 14.4 Å². The van der Waals surface area contributed by atoms with E-state index in [1.807, 2.05) is 35.0 Å². The van der Waals surface area contributed by atoms with E-state index in [2.05, 4.69) is 47.0 Å². The van der Waals surface area contributed by atoms with Crippen molar-refractivity contribution in [1.29, 1.82) is 0 Å². The molecule has 2 saturated heterocycles. The molecule has 3 heterocycles. The molecule has 136 valence electrons. The van der Waals surface area contributed by atoms with Crippen LogP contribution in [0.5, 0.6) is 0 Å². The standard InChI is InChI=1S/C21H26N4O/c1-3-10-25-11-9-21(20(25)26)16-24(14-17-12-22-23(2)13-17)15-19(21)18-7-5-4-6-8-18/h3-8,12-13,19H,1,9-11,14-16H2,2H3/t19-,21+/m0/s1. The van der Waals surface area contributed by atoms with Crippen LogP contribution in [0.3, 0.4) is 0 Å². The number of carbonyl (C=O) groups is 1. The third kappa shape index (κ3) is 2.86. The molecule has 5 heteroatoms. The Hall–Kier alpha value is -2.40. The first-order valence-corrected chi connectivity index (χ1v) is 9.27. The van der Waals surface area contributed by atoms with Crippen molar-refractivity contribution in [1.82, 2.24) is 19.6 Å². The Bertz CT molecular complexity index is 799. The van der Waals surface area contributed by atoms with Crippen LogP contribution in [0.25, 0.3) is 0 Å². The van der Waals surface area contributed by atoms with Crippen molar-refractivity contribution in [2.24, 2.45) is 12.5 Å². The lowest BCUT2D eigenvalue weighted by atomic mass is 9.73. The predicted octanol–water partition coefficient (Wildman–Crippen LogP) is 2.42. The molecule has 1 aromatic carbocycles. The number of benzene rings is 1. The number of hydrogen-bond acceptors (Lipinski definition) is 3. The van der Waals surface area contributed by atoms with Crippen molar-refractivity contribution >= 4 is 5.91 Å². The van der Waals surface area contributed by atoms with Crippen molar-refractivity contribution in [3.8, 4) is 0 Å². The van der Waals surface area contributed by atoms with Crippen molar-refractivity contribution < 1.29 is 4.79 Å². The lowest BCUT2D eigenvalue weighted by molar-refractivity contribution is -0.135. The van der Waals surface area contributed by atoms with Crippen LogP contribution in [-0.2, 0) is 18.4 Å². The van der Waals surface area contributed by atoms with Crippen LogP contribution in [0.15, 0.2) is 55.4 Å². The Morgan fingerprint density at radius 3 is 2.85 bits per heavy atom. The first-order chi connectivity index (χ1) is 12.6. The molecular weight excluding hydrogens is 324 g/mol. The summed E-state index contributed by atoms with van der Waals surface area (Å²) in [5, 5.41) is 4.28. The summed E-state index contributed by atoms with van der Waals surface area (Å²) in [6, 6.07) is 10.5. The van der Waals surface area contributed by atoms with Crippen LogP contribution in [0.2, 0.25) is 0 Å². The number of likely N-dealkylation sites (tertiary alicyclic amines) is 2. The fraction of sp³-hybridized carbons (Fsp3) is 0.429. The van der Waals surface area contributed by atoms with E-state index in [9.17, 15) is 4.79 Å². The topological polar surface area (TPSA) is 41.4 Å². The van der Waals surface area contributed by atoms with E-state index in [4.69, 9.17) is 0 Å². The van der Waals surface area contributed by atoms with Gasteiger partial charge in [-0.1, -0.05) is 36.4 Å². The average Bonchev–Trinajstić information content (AvgIpc) is 3.31. The molecule has 0 radical (unpaired) electrons. The zero-order chi connectivity index (χ0) is 18.1.